The molecule has 2 aliphatic carbocycles. The summed E-state index contributed by atoms with van der Waals surface area (Å²) < 4.78 is 63.2. The molecule has 3 rings (SSSR count). The smallest absolute Gasteiger partial charge is 0.144 e. The Kier molecular flexibility index (Phi) is 4.56. The Bertz CT molecular complexity index is 767. The highest BCUT2D eigenvalue weighted by Crippen LogP contribution is 2.48. The molecule has 0 bridgehead atoms. The fourth-order valence-electron chi connectivity index (χ4n) is 4.37. The van der Waals surface area contributed by atoms with Gasteiger partial charge in [0.05, 0.1) is 0 Å². The number of halogens is 2. The third kappa shape index (κ3) is 4.22. The maximum absolute atomic E-state index is 14.2. The Morgan fingerprint density at radius 3 is 2.60 bits per heavy atom. The predicted molar refractivity (Wildman–Crippen MR) is 96.1 cm³/mol. The molecule has 1 aromatic carbocycles. The number of unbranched alkanes of at least 4 members (excludes halogenated alkanes) is 2. The van der Waals surface area contributed by atoms with Gasteiger partial charge in [-0.3, -0.25) is 0 Å². The van der Waals surface area contributed by atoms with Crippen LogP contribution in [0.2, 0.25) is 0 Å². The highest BCUT2D eigenvalue weighted by Gasteiger charge is 2.36. The van der Waals surface area contributed by atoms with E-state index >= 15 is 0 Å². The van der Waals surface area contributed by atoms with Gasteiger partial charge in [-0.05, 0) is 73.4 Å². The molecule has 136 valence electrons. The first-order valence-electron chi connectivity index (χ1n) is 11.5. The van der Waals surface area contributed by atoms with Gasteiger partial charge in [0.1, 0.15) is 23.3 Å². The number of hydrogen-bond acceptors (Lipinski definition) is 1. The predicted octanol–water partition coefficient (Wildman–Crippen LogP) is 6.72. The second-order valence-electron chi connectivity index (χ2n) is 7.52. The number of nitriles is 1. The van der Waals surface area contributed by atoms with Gasteiger partial charge in [-0.25, -0.2) is 8.78 Å². The van der Waals surface area contributed by atoms with Crippen LogP contribution in [0.4, 0.5) is 8.78 Å². The molecule has 0 aromatic heterocycles. The molecule has 25 heavy (non-hydrogen) atoms. The molecule has 0 amide bonds. The lowest BCUT2D eigenvalue weighted by Crippen LogP contribution is -2.30. The number of rotatable bonds is 5. The third-order valence-corrected chi connectivity index (χ3v) is 5.78. The van der Waals surface area contributed by atoms with Gasteiger partial charge < -0.3 is 0 Å². The monoisotopic (exact) mass is 349 g/mol. The Hall–Kier alpha value is -1.43. The zero-order valence-electron chi connectivity index (χ0n) is 18.8. The van der Waals surface area contributed by atoms with Crippen LogP contribution in [-0.4, -0.2) is 0 Å². The van der Waals surface area contributed by atoms with Gasteiger partial charge in [0.15, 0.2) is 0 Å². The van der Waals surface area contributed by atoms with Crippen molar-refractivity contribution in [3.05, 3.63) is 34.9 Å². The van der Waals surface area contributed by atoms with E-state index in [1.54, 1.807) is 0 Å². The van der Waals surface area contributed by atoms with E-state index in [9.17, 15) is 8.78 Å². The molecule has 0 heterocycles. The minimum absolute atomic E-state index is 0.0301. The fourth-order valence-corrected chi connectivity index (χ4v) is 4.37. The lowest BCUT2D eigenvalue weighted by atomic mass is 9.63. The van der Waals surface area contributed by atoms with Crippen molar-refractivity contribution < 1.29 is 14.3 Å². The van der Waals surface area contributed by atoms with Gasteiger partial charge in [-0.1, -0.05) is 39.0 Å². The summed E-state index contributed by atoms with van der Waals surface area (Å²) in [5.74, 6) is -3.24. The average molecular weight is 350 g/mol. The van der Waals surface area contributed by atoms with Crippen molar-refractivity contribution in [1.82, 2.24) is 0 Å². The van der Waals surface area contributed by atoms with Crippen LogP contribution in [0.3, 0.4) is 0 Å². The first-order valence-corrected chi connectivity index (χ1v) is 9.50. The van der Waals surface area contributed by atoms with Crippen molar-refractivity contribution in [2.75, 3.05) is 0 Å². The van der Waals surface area contributed by atoms with Crippen LogP contribution in [0, 0.1) is 40.7 Å². The summed E-state index contributed by atoms with van der Waals surface area (Å²) >= 11 is 0. The van der Waals surface area contributed by atoms with Gasteiger partial charge in [0.2, 0.25) is 0 Å². The normalized spacial score (nSPS) is 35.4. The number of benzene rings is 1. The van der Waals surface area contributed by atoms with Crippen LogP contribution in [0.1, 0.15) is 93.6 Å². The molecule has 2 aliphatic rings. The van der Waals surface area contributed by atoms with Crippen LogP contribution in [0.5, 0.6) is 0 Å². The number of fused-ring (bicyclic) bond motifs is 1. The summed E-state index contributed by atoms with van der Waals surface area (Å²) in [6, 6.07) is 3.35. The Morgan fingerprint density at radius 2 is 1.92 bits per heavy atom. The van der Waals surface area contributed by atoms with E-state index in [1.165, 1.54) is 12.5 Å². The second kappa shape index (κ2) is 8.30. The van der Waals surface area contributed by atoms with Crippen LogP contribution in [-0.2, 0) is 0 Å². The zero-order chi connectivity index (χ0) is 21.4. The van der Waals surface area contributed by atoms with Crippen molar-refractivity contribution in [3.8, 4) is 6.07 Å². The molecule has 0 N–H and O–H groups in total. The van der Waals surface area contributed by atoms with Gasteiger partial charge >= 0.3 is 0 Å². The van der Waals surface area contributed by atoms with E-state index in [2.05, 4.69) is 6.92 Å². The first-order chi connectivity index (χ1) is 13.6. The van der Waals surface area contributed by atoms with Crippen LogP contribution >= 0.6 is 0 Å². The van der Waals surface area contributed by atoms with Crippen LogP contribution in [0.15, 0.2) is 12.1 Å². The van der Waals surface area contributed by atoms with Crippen molar-refractivity contribution in [2.24, 2.45) is 17.8 Å². The second-order valence-corrected chi connectivity index (χ2v) is 7.52. The summed E-state index contributed by atoms with van der Waals surface area (Å²) in [5.41, 5.74) is -0.742. The lowest BCUT2D eigenvalue weighted by molar-refractivity contribution is 0.113. The lowest BCUT2D eigenvalue weighted by Gasteiger charge is -2.42. The number of nitrogens with zero attached hydrogens (tertiary/aromatic N) is 1. The van der Waals surface area contributed by atoms with Crippen LogP contribution < -0.4 is 0 Å². The van der Waals surface area contributed by atoms with Crippen molar-refractivity contribution >= 4 is 0 Å². The molecular formula is C22H29F2N. The van der Waals surface area contributed by atoms with Gasteiger partial charge in [0, 0.05) is 5.48 Å². The standard InChI is InChI=1S/C22H29F2N/c1-2-3-4-5-15-6-7-17-11-18(9-8-16(17)10-15)19-12-21(23)20(14-25)22(24)13-19/h12-13,15-18H,2-11H2,1H3/i9D2,11D2. The summed E-state index contributed by atoms with van der Waals surface area (Å²) in [7, 11) is 0. The maximum Gasteiger partial charge on any atom is 0.144 e. The van der Waals surface area contributed by atoms with E-state index in [0.717, 1.165) is 44.2 Å². The van der Waals surface area contributed by atoms with Gasteiger partial charge in [0.25, 0.3) is 0 Å². The molecule has 1 aromatic rings. The SMILES string of the molecule is [2H]C1([2H])CC2CC(CCCCC)CCC2C([2H])([2H])C1c1cc(F)c(C#N)c(F)c1. The molecule has 2 saturated carbocycles. The minimum Gasteiger partial charge on any atom is -0.205 e. The van der Waals surface area contributed by atoms with E-state index < -0.39 is 35.9 Å². The molecule has 0 radical (unpaired) electrons. The highest BCUT2D eigenvalue weighted by atomic mass is 19.1. The number of hydrogen-bond donors (Lipinski definition) is 0. The maximum atomic E-state index is 14.2. The summed E-state index contributed by atoms with van der Waals surface area (Å²) in [4.78, 5) is 0. The highest BCUT2D eigenvalue weighted by molar-refractivity contribution is 5.36. The molecule has 0 aliphatic heterocycles. The fraction of sp³-hybridized carbons (Fsp3) is 0.682. The molecule has 2 fully saturated rings. The summed E-state index contributed by atoms with van der Waals surface area (Å²) in [6.07, 6.45) is 3.43. The molecule has 4 unspecified atom stereocenters. The van der Waals surface area contributed by atoms with Gasteiger partial charge in [-0.15, -0.1) is 0 Å². The van der Waals surface area contributed by atoms with Gasteiger partial charge in [-0.2, -0.15) is 5.26 Å². The quantitative estimate of drug-likeness (QED) is 0.541. The van der Waals surface area contributed by atoms with Crippen molar-refractivity contribution in [1.29, 1.82) is 5.26 Å². The molecule has 3 heteroatoms. The Balaban J connectivity index is 1.88. The molecule has 0 spiro atoms. The average Bonchev–Trinajstić information content (AvgIpc) is 2.60. The van der Waals surface area contributed by atoms with Crippen molar-refractivity contribution in [2.45, 2.75) is 77.0 Å². The first kappa shape index (κ1) is 13.7. The van der Waals surface area contributed by atoms with E-state index in [4.69, 9.17) is 10.7 Å². The van der Waals surface area contributed by atoms with E-state index in [1.807, 2.05) is 0 Å². The van der Waals surface area contributed by atoms with Crippen molar-refractivity contribution in [3.63, 3.8) is 0 Å². The molecular weight excluding hydrogens is 316 g/mol. The molecule has 1 nitrogen and oxygen atoms in total. The largest absolute Gasteiger partial charge is 0.205 e. The topological polar surface area (TPSA) is 23.8 Å². The minimum atomic E-state index is -1.91. The molecule has 0 saturated heterocycles. The Labute approximate surface area is 156 Å². The Morgan fingerprint density at radius 1 is 1.16 bits per heavy atom. The van der Waals surface area contributed by atoms with E-state index in [-0.39, 0.29) is 23.8 Å². The molecule has 4 atom stereocenters. The van der Waals surface area contributed by atoms with Crippen LogP contribution in [0.25, 0.3) is 0 Å². The zero-order valence-corrected chi connectivity index (χ0v) is 14.8. The van der Waals surface area contributed by atoms with E-state index in [0.29, 0.717) is 12.3 Å². The summed E-state index contributed by atoms with van der Waals surface area (Å²) in [6.45, 7) is 2.16. The summed E-state index contributed by atoms with van der Waals surface area (Å²) in [5, 5.41) is 8.88. The third-order valence-electron chi connectivity index (χ3n) is 5.78.